The van der Waals surface area contributed by atoms with Crippen LogP contribution in [-0.4, -0.2) is 31.5 Å². The van der Waals surface area contributed by atoms with Crippen molar-refractivity contribution in [3.8, 4) is 0 Å². The molecule has 0 spiro atoms. The third-order valence-electron chi connectivity index (χ3n) is 3.56. The lowest BCUT2D eigenvalue weighted by molar-refractivity contribution is 0.472. The van der Waals surface area contributed by atoms with Crippen LogP contribution in [0, 0.1) is 5.82 Å². The van der Waals surface area contributed by atoms with Gasteiger partial charge in [-0.15, -0.1) is 0 Å². The van der Waals surface area contributed by atoms with Crippen LogP contribution < -0.4 is 5.32 Å². The minimum atomic E-state index is -0.208. The Hall–Kier alpha value is -1.88. The van der Waals surface area contributed by atoms with Crippen molar-refractivity contribution >= 4 is 17.3 Å². The normalized spacial score (nSPS) is 13.0. The molecule has 118 valence electrons. The SMILES string of the molecule is CN=C(NCC(C)c1ccsc1)N(C)Cc1cccc(F)c1. The molecule has 0 saturated heterocycles. The van der Waals surface area contributed by atoms with Crippen LogP contribution in [0.25, 0.3) is 0 Å². The van der Waals surface area contributed by atoms with E-state index in [1.165, 1.54) is 11.6 Å². The van der Waals surface area contributed by atoms with Gasteiger partial charge in [-0.1, -0.05) is 19.1 Å². The Morgan fingerprint density at radius 3 is 2.86 bits per heavy atom. The minimum Gasteiger partial charge on any atom is -0.356 e. The zero-order chi connectivity index (χ0) is 15.9. The first-order chi connectivity index (χ1) is 10.6. The Kier molecular flexibility index (Phi) is 5.95. The Labute approximate surface area is 135 Å². The van der Waals surface area contributed by atoms with E-state index in [1.54, 1.807) is 30.5 Å². The molecular formula is C17H22FN3S. The van der Waals surface area contributed by atoms with Crippen molar-refractivity contribution in [1.29, 1.82) is 0 Å². The smallest absolute Gasteiger partial charge is 0.193 e. The van der Waals surface area contributed by atoms with E-state index in [4.69, 9.17) is 0 Å². The molecule has 0 amide bonds. The van der Waals surface area contributed by atoms with Crippen molar-refractivity contribution in [2.45, 2.75) is 19.4 Å². The summed E-state index contributed by atoms with van der Waals surface area (Å²) in [4.78, 5) is 6.30. The molecule has 0 bridgehead atoms. The lowest BCUT2D eigenvalue weighted by Crippen LogP contribution is -2.40. The number of halogens is 1. The van der Waals surface area contributed by atoms with E-state index in [0.29, 0.717) is 12.5 Å². The molecule has 1 atom stereocenters. The molecule has 1 aromatic carbocycles. The summed E-state index contributed by atoms with van der Waals surface area (Å²) in [5.74, 6) is 1.02. The van der Waals surface area contributed by atoms with Gasteiger partial charge in [-0.25, -0.2) is 4.39 Å². The summed E-state index contributed by atoms with van der Waals surface area (Å²) >= 11 is 1.71. The van der Waals surface area contributed by atoms with Crippen molar-refractivity contribution in [3.05, 3.63) is 58.0 Å². The fourth-order valence-corrected chi connectivity index (χ4v) is 3.07. The van der Waals surface area contributed by atoms with Crippen LogP contribution in [-0.2, 0) is 6.54 Å². The Morgan fingerprint density at radius 1 is 1.41 bits per heavy atom. The van der Waals surface area contributed by atoms with Gasteiger partial charge in [0.1, 0.15) is 5.82 Å². The summed E-state index contributed by atoms with van der Waals surface area (Å²) in [5, 5.41) is 7.65. The number of guanidine groups is 1. The molecule has 0 fully saturated rings. The molecule has 1 unspecified atom stereocenters. The number of aliphatic imine (C=N–C) groups is 1. The molecule has 0 saturated carbocycles. The number of nitrogens with one attached hydrogen (secondary N) is 1. The Bertz CT molecular complexity index is 610. The van der Waals surface area contributed by atoms with Gasteiger partial charge < -0.3 is 10.2 Å². The molecule has 1 heterocycles. The summed E-state index contributed by atoms with van der Waals surface area (Å²) < 4.78 is 13.2. The highest BCUT2D eigenvalue weighted by Gasteiger charge is 2.10. The zero-order valence-electron chi connectivity index (χ0n) is 13.2. The predicted molar refractivity (Wildman–Crippen MR) is 92.0 cm³/mol. The van der Waals surface area contributed by atoms with Gasteiger partial charge in [-0.3, -0.25) is 4.99 Å². The maximum Gasteiger partial charge on any atom is 0.193 e. The quantitative estimate of drug-likeness (QED) is 0.672. The zero-order valence-corrected chi connectivity index (χ0v) is 14.0. The molecular weight excluding hydrogens is 297 g/mol. The largest absolute Gasteiger partial charge is 0.356 e. The summed E-state index contributed by atoms with van der Waals surface area (Å²) in [6.07, 6.45) is 0. The number of thiophene rings is 1. The van der Waals surface area contributed by atoms with Gasteiger partial charge in [0.15, 0.2) is 5.96 Å². The number of nitrogens with zero attached hydrogens (tertiary/aromatic N) is 2. The second-order valence-corrected chi connectivity index (χ2v) is 6.15. The van der Waals surface area contributed by atoms with E-state index in [2.05, 4.69) is 34.1 Å². The van der Waals surface area contributed by atoms with Crippen molar-refractivity contribution in [2.24, 2.45) is 4.99 Å². The van der Waals surface area contributed by atoms with Gasteiger partial charge >= 0.3 is 0 Å². The monoisotopic (exact) mass is 319 g/mol. The third-order valence-corrected chi connectivity index (χ3v) is 4.26. The van der Waals surface area contributed by atoms with Crippen LogP contribution in [0.2, 0.25) is 0 Å². The second kappa shape index (κ2) is 7.94. The summed E-state index contributed by atoms with van der Waals surface area (Å²) in [7, 11) is 3.72. The topological polar surface area (TPSA) is 27.6 Å². The van der Waals surface area contributed by atoms with E-state index < -0.39 is 0 Å². The first kappa shape index (κ1) is 16.5. The minimum absolute atomic E-state index is 0.208. The molecule has 3 nitrogen and oxygen atoms in total. The highest BCUT2D eigenvalue weighted by Crippen LogP contribution is 2.17. The molecule has 2 aromatic rings. The van der Waals surface area contributed by atoms with Gasteiger partial charge in [0.25, 0.3) is 0 Å². The predicted octanol–water partition coefficient (Wildman–Crippen LogP) is 3.70. The van der Waals surface area contributed by atoms with Gasteiger partial charge in [0.05, 0.1) is 0 Å². The molecule has 0 radical (unpaired) electrons. The van der Waals surface area contributed by atoms with Crippen LogP contribution in [0.4, 0.5) is 4.39 Å². The number of benzene rings is 1. The fraction of sp³-hybridized carbons (Fsp3) is 0.353. The maximum absolute atomic E-state index is 13.2. The van der Waals surface area contributed by atoms with Crippen LogP contribution in [0.1, 0.15) is 24.0 Å². The fourth-order valence-electron chi connectivity index (χ4n) is 2.29. The van der Waals surface area contributed by atoms with Gasteiger partial charge in [0, 0.05) is 27.2 Å². The van der Waals surface area contributed by atoms with Crippen LogP contribution in [0.3, 0.4) is 0 Å². The van der Waals surface area contributed by atoms with Crippen LogP contribution >= 0.6 is 11.3 Å². The highest BCUT2D eigenvalue weighted by atomic mass is 32.1. The van der Waals surface area contributed by atoms with Crippen molar-refractivity contribution in [3.63, 3.8) is 0 Å². The van der Waals surface area contributed by atoms with E-state index in [1.807, 2.05) is 18.0 Å². The first-order valence-corrected chi connectivity index (χ1v) is 8.22. The summed E-state index contributed by atoms with van der Waals surface area (Å²) in [5.41, 5.74) is 2.26. The lowest BCUT2D eigenvalue weighted by atomic mass is 10.1. The molecule has 0 aliphatic carbocycles. The summed E-state index contributed by atoms with van der Waals surface area (Å²) in [6.45, 7) is 3.62. The third kappa shape index (κ3) is 4.56. The number of hydrogen-bond donors (Lipinski definition) is 1. The molecule has 0 aliphatic heterocycles. The van der Waals surface area contributed by atoms with E-state index in [0.717, 1.165) is 18.1 Å². The van der Waals surface area contributed by atoms with E-state index in [9.17, 15) is 4.39 Å². The molecule has 5 heteroatoms. The van der Waals surface area contributed by atoms with Crippen molar-refractivity contribution < 1.29 is 4.39 Å². The van der Waals surface area contributed by atoms with Gasteiger partial charge in [-0.05, 0) is 46.0 Å². The molecule has 1 aromatic heterocycles. The molecule has 0 aliphatic rings. The van der Waals surface area contributed by atoms with Gasteiger partial charge in [0.2, 0.25) is 0 Å². The van der Waals surface area contributed by atoms with E-state index >= 15 is 0 Å². The average molecular weight is 319 g/mol. The highest BCUT2D eigenvalue weighted by molar-refractivity contribution is 7.07. The molecule has 1 N–H and O–H groups in total. The standard InChI is InChI=1S/C17H22FN3S/c1-13(15-7-8-22-12-15)10-20-17(19-2)21(3)11-14-5-4-6-16(18)9-14/h4-9,12-13H,10-11H2,1-3H3,(H,19,20). The van der Waals surface area contributed by atoms with Crippen molar-refractivity contribution in [1.82, 2.24) is 10.2 Å². The van der Waals surface area contributed by atoms with Crippen molar-refractivity contribution in [2.75, 3.05) is 20.6 Å². The van der Waals surface area contributed by atoms with Crippen LogP contribution in [0.15, 0.2) is 46.1 Å². The van der Waals surface area contributed by atoms with E-state index in [-0.39, 0.29) is 5.82 Å². The molecule has 22 heavy (non-hydrogen) atoms. The first-order valence-electron chi connectivity index (χ1n) is 7.28. The molecule has 2 rings (SSSR count). The van der Waals surface area contributed by atoms with Crippen LogP contribution in [0.5, 0.6) is 0 Å². The Morgan fingerprint density at radius 2 is 2.23 bits per heavy atom. The Balaban J connectivity index is 1.91. The average Bonchev–Trinajstić information content (AvgIpc) is 3.02. The lowest BCUT2D eigenvalue weighted by Gasteiger charge is -2.23. The second-order valence-electron chi connectivity index (χ2n) is 5.37. The maximum atomic E-state index is 13.2. The number of hydrogen-bond acceptors (Lipinski definition) is 2. The number of rotatable bonds is 5. The van der Waals surface area contributed by atoms with Gasteiger partial charge in [-0.2, -0.15) is 11.3 Å². The summed E-state index contributed by atoms with van der Waals surface area (Å²) in [6, 6.07) is 8.81.